The molecule has 0 saturated heterocycles. The fourth-order valence-electron chi connectivity index (χ4n) is 3.39. The van der Waals surface area contributed by atoms with Crippen LogP contribution in [0.1, 0.15) is 44.1 Å². The number of nitrogens with zero attached hydrogens (tertiary/aromatic N) is 2. The minimum Gasteiger partial charge on any atom is -0.493 e. The van der Waals surface area contributed by atoms with Gasteiger partial charge in [-0.15, -0.1) is 0 Å². The Morgan fingerprint density at radius 3 is 2.62 bits per heavy atom. The fourth-order valence-corrected chi connectivity index (χ4v) is 3.39. The molecule has 2 rings (SSSR count). The van der Waals surface area contributed by atoms with Gasteiger partial charge >= 0.3 is 6.18 Å². The van der Waals surface area contributed by atoms with Gasteiger partial charge in [-0.1, -0.05) is 25.3 Å². The van der Waals surface area contributed by atoms with Crippen molar-refractivity contribution in [2.75, 3.05) is 20.3 Å². The maximum Gasteiger partial charge on any atom is 0.390 e. The average Bonchev–Trinajstić information content (AvgIpc) is 2.71. The van der Waals surface area contributed by atoms with Gasteiger partial charge in [0.05, 0.1) is 13.5 Å². The maximum absolute atomic E-state index is 12.7. The molecule has 0 unspecified atom stereocenters. The van der Waals surface area contributed by atoms with Gasteiger partial charge in [-0.2, -0.15) is 18.4 Å². The Morgan fingerprint density at radius 2 is 2.00 bits per heavy atom. The molecule has 1 saturated carbocycles. The van der Waals surface area contributed by atoms with Crippen LogP contribution < -0.4 is 9.47 Å². The lowest BCUT2D eigenvalue weighted by Gasteiger charge is -2.34. The Hall–Kier alpha value is -2.69. The van der Waals surface area contributed by atoms with Gasteiger partial charge in [-0.25, -0.2) is 0 Å². The number of alkyl halides is 3. The van der Waals surface area contributed by atoms with E-state index in [1.807, 2.05) is 6.07 Å². The summed E-state index contributed by atoms with van der Waals surface area (Å²) in [5, 5.41) is 8.60. The molecular formula is C21H25F3N2O3. The second-order valence-electron chi connectivity index (χ2n) is 6.88. The van der Waals surface area contributed by atoms with Crippen molar-refractivity contribution in [1.82, 2.24) is 4.90 Å². The maximum atomic E-state index is 12.7. The molecule has 0 N–H and O–H groups in total. The number of halogens is 3. The van der Waals surface area contributed by atoms with E-state index in [0.29, 0.717) is 17.1 Å². The van der Waals surface area contributed by atoms with Crippen molar-refractivity contribution in [2.24, 2.45) is 0 Å². The second kappa shape index (κ2) is 10.7. The van der Waals surface area contributed by atoms with Gasteiger partial charge in [0.1, 0.15) is 6.07 Å². The number of methoxy groups -OCH3 is 1. The van der Waals surface area contributed by atoms with Gasteiger partial charge in [0.25, 0.3) is 0 Å². The zero-order valence-electron chi connectivity index (χ0n) is 16.4. The standard InChI is InChI=1S/C21H25F3N2O3/c1-28-19-15-16(7-9-18(19)29-14-12-25)8-10-20(27)26(13-11-21(22,23)24)17-5-3-2-4-6-17/h7-10,15,17H,2-6,11,13-14H2,1H3. The van der Waals surface area contributed by atoms with Crippen LogP contribution in [0.5, 0.6) is 11.5 Å². The van der Waals surface area contributed by atoms with Gasteiger partial charge in [-0.3, -0.25) is 4.79 Å². The van der Waals surface area contributed by atoms with Crippen molar-refractivity contribution in [3.8, 4) is 17.6 Å². The summed E-state index contributed by atoms with van der Waals surface area (Å²) in [7, 11) is 1.45. The number of hydrogen-bond donors (Lipinski definition) is 0. The Bertz CT molecular complexity index is 751. The summed E-state index contributed by atoms with van der Waals surface area (Å²) in [6.45, 7) is -0.457. The number of carbonyl (C=O) groups is 1. The van der Waals surface area contributed by atoms with Crippen molar-refractivity contribution in [3.63, 3.8) is 0 Å². The first-order valence-corrected chi connectivity index (χ1v) is 9.57. The summed E-state index contributed by atoms with van der Waals surface area (Å²) < 4.78 is 48.6. The van der Waals surface area contributed by atoms with Crippen LogP contribution >= 0.6 is 0 Å². The lowest BCUT2D eigenvalue weighted by molar-refractivity contribution is -0.145. The third kappa shape index (κ3) is 7.33. The first kappa shape index (κ1) is 22.6. The number of ether oxygens (including phenoxy) is 2. The smallest absolute Gasteiger partial charge is 0.390 e. The highest BCUT2D eigenvalue weighted by Gasteiger charge is 2.31. The van der Waals surface area contributed by atoms with Crippen molar-refractivity contribution in [3.05, 3.63) is 29.8 Å². The van der Waals surface area contributed by atoms with Crippen LogP contribution in [0, 0.1) is 11.3 Å². The van der Waals surface area contributed by atoms with Crippen LogP contribution in [-0.4, -0.2) is 43.3 Å². The minimum atomic E-state index is -4.30. The molecule has 0 atom stereocenters. The normalized spacial score (nSPS) is 15.1. The van der Waals surface area contributed by atoms with Crippen molar-refractivity contribution >= 4 is 12.0 Å². The van der Waals surface area contributed by atoms with E-state index >= 15 is 0 Å². The second-order valence-corrected chi connectivity index (χ2v) is 6.88. The van der Waals surface area contributed by atoms with Crippen LogP contribution in [0.2, 0.25) is 0 Å². The van der Waals surface area contributed by atoms with Crippen LogP contribution in [0.3, 0.4) is 0 Å². The van der Waals surface area contributed by atoms with Gasteiger partial charge < -0.3 is 14.4 Å². The molecule has 0 aromatic heterocycles. The van der Waals surface area contributed by atoms with E-state index in [4.69, 9.17) is 14.7 Å². The highest BCUT2D eigenvalue weighted by Crippen LogP contribution is 2.29. The summed E-state index contributed by atoms with van der Waals surface area (Å²) in [4.78, 5) is 14.0. The molecule has 158 valence electrons. The zero-order valence-corrected chi connectivity index (χ0v) is 16.4. The number of rotatable bonds is 8. The molecule has 0 spiro atoms. The van der Waals surface area contributed by atoms with E-state index in [0.717, 1.165) is 32.1 Å². The van der Waals surface area contributed by atoms with E-state index in [-0.39, 0.29) is 19.2 Å². The molecule has 1 aromatic rings. The summed E-state index contributed by atoms with van der Waals surface area (Å²) in [5.74, 6) is 0.368. The fraction of sp³-hybridized carbons (Fsp3) is 0.524. The summed E-state index contributed by atoms with van der Waals surface area (Å²) in [5.41, 5.74) is 0.638. The first-order valence-electron chi connectivity index (χ1n) is 9.57. The van der Waals surface area contributed by atoms with Gasteiger partial charge in [0.15, 0.2) is 18.1 Å². The first-order chi connectivity index (χ1) is 13.8. The number of amides is 1. The van der Waals surface area contributed by atoms with E-state index in [2.05, 4.69) is 0 Å². The molecule has 0 radical (unpaired) electrons. The Balaban J connectivity index is 2.12. The predicted octanol–water partition coefficient (Wildman–Crippen LogP) is 4.72. The summed E-state index contributed by atoms with van der Waals surface area (Å²) in [6, 6.07) is 6.64. The summed E-state index contributed by atoms with van der Waals surface area (Å²) in [6.07, 6.45) is 1.89. The Labute approximate surface area is 168 Å². The molecule has 1 fully saturated rings. The van der Waals surface area contributed by atoms with E-state index in [1.54, 1.807) is 24.3 Å². The monoisotopic (exact) mass is 410 g/mol. The number of hydrogen-bond acceptors (Lipinski definition) is 4. The van der Waals surface area contributed by atoms with Crippen LogP contribution in [0.15, 0.2) is 24.3 Å². The average molecular weight is 410 g/mol. The third-order valence-corrected chi connectivity index (χ3v) is 4.83. The van der Waals surface area contributed by atoms with Gasteiger partial charge in [-0.05, 0) is 36.6 Å². The molecule has 1 aliphatic rings. The molecule has 0 bridgehead atoms. The Morgan fingerprint density at radius 1 is 1.28 bits per heavy atom. The van der Waals surface area contributed by atoms with E-state index in [1.165, 1.54) is 18.1 Å². The predicted molar refractivity (Wildman–Crippen MR) is 102 cm³/mol. The lowest BCUT2D eigenvalue weighted by atomic mass is 9.94. The highest BCUT2D eigenvalue weighted by atomic mass is 19.4. The molecule has 0 aliphatic heterocycles. The molecular weight excluding hydrogens is 385 g/mol. The Kier molecular flexibility index (Phi) is 8.37. The number of nitriles is 1. The third-order valence-electron chi connectivity index (χ3n) is 4.83. The quantitative estimate of drug-likeness (QED) is 0.582. The molecule has 5 nitrogen and oxygen atoms in total. The molecule has 29 heavy (non-hydrogen) atoms. The largest absolute Gasteiger partial charge is 0.493 e. The summed E-state index contributed by atoms with van der Waals surface area (Å²) >= 11 is 0. The molecule has 1 aliphatic carbocycles. The van der Waals surface area contributed by atoms with E-state index in [9.17, 15) is 18.0 Å². The molecule has 1 amide bonds. The van der Waals surface area contributed by atoms with E-state index < -0.39 is 18.5 Å². The van der Waals surface area contributed by atoms with Gasteiger partial charge in [0, 0.05) is 18.7 Å². The molecule has 1 aromatic carbocycles. The van der Waals surface area contributed by atoms with Crippen molar-refractivity contribution in [2.45, 2.75) is 50.7 Å². The number of benzene rings is 1. The SMILES string of the molecule is COc1cc(C=CC(=O)N(CCC(F)(F)F)C2CCCCC2)ccc1OCC#N. The lowest BCUT2D eigenvalue weighted by Crippen LogP contribution is -2.42. The molecule has 8 heteroatoms. The minimum absolute atomic E-state index is 0.125. The highest BCUT2D eigenvalue weighted by molar-refractivity contribution is 5.92. The van der Waals surface area contributed by atoms with Crippen LogP contribution in [0.4, 0.5) is 13.2 Å². The van der Waals surface area contributed by atoms with Crippen molar-refractivity contribution < 1.29 is 27.4 Å². The van der Waals surface area contributed by atoms with Crippen LogP contribution in [0.25, 0.3) is 6.08 Å². The van der Waals surface area contributed by atoms with Crippen molar-refractivity contribution in [1.29, 1.82) is 5.26 Å². The zero-order chi connectivity index (χ0) is 21.3. The van der Waals surface area contributed by atoms with Gasteiger partial charge in [0.2, 0.25) is 5.91 Å². The number of carbonyl (C=O) groups excluding carboxylic acids is 1. The molecule has 0 heterocycles. The van der Waals surface area contributed by atoms with Crippen LogP contribution in [-0.2, 0) is 4.79 Å². The topological polar surface area (TPSA) is 62.6 Å².